The number of methoxy groups -OCH3 is 1. The maximum Gasteiger partial charge on any atom is 0.252 e. The normalized spacial score (nSPS) is 19.2. The predicted molar refractivity (Wildman–Crippen MR) is 187 cm³/mol. The fourth-order valence-corrected chi connectivity index (χ4v) is 6.52. The monoisotopic (exact) mass is 693 g/mol. The molecule has 49 heavy (non-hydrogen) atoms. The second-order valence-corrected chi connectivity index (χ2v) is 18.0. The summed E-state index contributed by atoms with van der Waals surface area (Å²) in [7, 11) is 0.911. The highest BCUT2D eigenvalue weighted by atomic mass is 32.3. The maximum absolute atomic E-state index is 13.7. The number of pyridine rings is 1. The maximum atomic E-state index is 13.7. The summed E-state index contributed by atoms with van der Waals surface area (Å²) in [4.78, 5) is 28.1. The number of aromatic nitrogens is 9. The quantitative estimate of drug-likeness (QED) is 0.145. The fourth-order valence-electron chi connectivity index (χ4n) is 5.90. The van der Waals surface area contributed by atoms with Gasteiger partial charge in [0.25, 0.3) is 5.91 Å². The minimum absolute atomic E-state index is 0.00277. The van der Waals surface area contributed by atoms with E-state index in [-0.39, 0.29) is 24.6 Å². The number of carbonyl (C=O) groups is 1. The number of aryl methyl sites for hydroxylation is 1. The van der Waals surface area contributed by atoms with Crippen molar-refractivity contribution >= 4 is 38.6 Å². The lowest BCUT2D eigenvalue weighted by atomic mass is 9.77. The van der Waals surface area contributed by atoms with Crippen LogP contribution in [-0.2, 0) is 21.0 Å². The van der Waals surface area contributed by atoms with Crippen molar-refractivity contribution in [1.82, 2.24) is 50.0 Å². The zero-order valence-electron chi connectivity index (χ0n) is 28.7. The highest BCUT2D eigenvalue weighted by Crippen LogP contribution is 2.40. The molecule has 1 atom stereocenters. The number of amides is 1. The number of rotatable bonds is 13. The number of H-pyrrole nitrogens is 1. The third-order valence-electron chi connectivity index (χ3n) is 8.89. The first-order valence-electron chi connectivity index (χ1n) is 16.2. The van der Waals surface area contributed by atoms with E-state index in [9.17, 15) is 9.18 Å². The lowest BCUT2D eigenvalue weighted by Crippen LogP contribution is -2.50. The van der Waals surface area contributed by atoms with Crippen molar-refractivity contribution in [3.05, 3.63) is 65.9 Å². The zero-order valence-corrected chi connectivity index (χ0v) is 29.6. The van der Waals surface area contributed by atoms with Crippen LogP contribution >= 0.6 is 10.0 Å². The number of halogens is 1. The van der Waals surface area contributed by atoms with Gasteiger partial charge in [-0.1, -0.05) is 6.07 Å². The molecule has 0 unspecified atom stereocenters. The number of nitrogens with one attached hydrogen (secondary N) is 3. The highest BCUT2D eigenvalue weighted by Gasteiger charge is 2.43. The summed E-state index contributed by atoms with van der Waals surface area (Å²) >= 11 is 0. The van der Waals surface area contributed by atoms with Crippen molar-refractivity contribution < 1.29 is 18.7 Å². The van der Waals surface area contributed by atoms with E-state index in [4.69, 9.17) is 19.4 Å². The number of aromatic amines is 1. The Bertz CT molecular complexity index is 1890. The number of carbonyl (C=O) groups excluding carboxylic acids is 1. The fraction of sp³-hybridized carbons (Fsp3) is 0.485. The molecule has 0 aromatic carbocycles. The molecule has 1 saturated carbocycles. The molecular formula is C33H44FN11O3S. The molecule has 1 aliphatic rings. The summed E-state index contributed by atoms with van der Waals surface area (Å²) in [5.74, 6) is 2.79. The van der Waals surface area contributed by atoms with Crippen molar-refractivity contribution in [1.29, 1.82) is 0 Å². The molecule has 1 aliphatic carbocycles. The summed E-state index contributed by atoms with van der Waals surface area (Å²) in [6.07, 6.45) is 14.9. The molecule has 0 saturated heterocycles. The van der Waals surface area contributed by atoms with Gasteiger partial charge in [-0.15, -0.1) is 0 Å². The van der Waals surface area contributed by atoms with Crippen LogP contribution in [0, 0.1) is 12.7 Å². The number of hydrogen-bond donors (Lipinski definition) is 3. The van der Waals surface area contributed by atoms with E-state index in [0.717, 1.165) is 28.6 Å². The van der Waals surface area contributed by atoms with Gasteiger partial charge in [-0.25, -0.2) is 38.7 Å². The first kappa shape index (κ1) is 34.5. The van der Waals surface area contributed by atoms with Gasteiger partial charge in [0.1, 0.15) is 24.0 Å². The SMILES string of the molecule is COC1(C(=O)N[C@@H](C)c2ccc(-n3cc(F)cn3)nc2)CCC(c2nc(Nc3cc(C)[nH]n3)c3cnn(COCCS(C)(C)C)c3n2)CC1. The molecular weight excluding hydrogens is 650 g/mol. The van der Waals surface area contributed by atoms with Crippen LogP contribution in [0.25, 0.3) is 16.9 Å². The third kappa shape index (κ3) is 7.92. The Morgan fingerprint density at radius 3 is 2.59 bits per heavy atom. The Morgan fingerprint density at radius 1 is 1.16 bits per heavy atom. The molecule has 14 nitrogen and oxygen atoms in total. The van der Waals surface area contributed by atoms with Crippen molar-refractivity contribution in [3.63, 3.8) is 0 Å². The molecule has 1 amide bonds. The van der Waals surface area contributed by atoms with Crippen molar-refractivity contribution in [2.45, 2.75) is 63.8 Å². The van der Waals surface area contributed by atoms with Crippen LogP contribution in [0.1, 0.15) is 61.6 Å². The van der Waals surface area contributed by atoms with Crippen LogP contribution in [0.2, 0.25) is 0 Å². The van der Waals surface area contributed by atoms with E-state index in [1.54, 1.807) is 30.3 Å². The highest BCUT2D eigenvalue weighted by molar-refractivity contribution is 8.32. The molecule has 262 valence electrons. The van der Waals surface area contributed by atoms with Gasteiger partial charge in [0.2, 0.25) is 0 Å². The second kappa shape index (κ2) is 14.2. The Morgan fingerprint density at radius 2 is 1.96 bits per heavy atom. The average molecular weight is 694 g/mol. The van der Waals surface area contributed by atoms with Gasteiger partial charge in [-0.2, -0.15) is 15.3 Å². The standard InChI is InChI=1S/C33H44FN11O3S/c1-21-15-27(43-42-21)39-30-26-18-37-45(20-48-13-14-49(4,5)6)31(26)41-29(40-30)23-9-11-33(47-3,12-10-23)32(46)38-22(2)24-7-8-28(35-16-24)44-19-25(34)17-36-44/h7-8,15-19,22-23H,9-14,20H2,1-6H3,(H,38,46)(H2,39,40,41,42,43)/t22-,23?,33?/m0/s1. The van der Waals surface area contributed by atoms with E-state index < -0.39 is 21.4 Å². The molecule has 0 spiro atoms. The molecule has 1 fully saturated rings. The molecule has 6 rings (SSSR count). The van der Waals surface area contributed by atoms with Crippen LogP contribution in [0.5, 0.6) is 0 Å². The summed E-state index contributed by atoms with van der Waals surface area (Å²) in [6.45, 7) is 4.76. The minimum atomic E-state index is -0.993. The first-order valence-corrected chi connectivity index (χ1v) is 19.2. The summed E-state index contributed by atoms with van der Waals surface area (Å²) in [5.41, 5.74) is 1.41. The topological polar surface area (TPSA) is 163 Å². The van der Waals surface area contributed by atoms with Gasteiger partial charge >= 0.3 is 0 Å². The lowest BCUT2D eigenvalue weighted by molar-refractivity contribution is -0.148. The van der Waals surface area contributed by atoms with Gasteiger partial charge in [0, 0.05) is 36.7 Å². The van der Waals surface area contributed by atoms with Crippen molar-refractivity contribution in [2.75, 3.05) is 43.6 Å². The van der Waals surface area contributed by atoms with Crippen LogP contribution in [0.15, 0.2) is 43.0 Å². The first-order chi connectivity index (χ1) is 23.4. The Hall–Kier alpha value is -4.41. The molecule has 16 heteroatoms. The van der Waals surface area contributed by atoms with Gasteiger partial charge < -0.3 is 20.1 Å². The Labute approximate surface area is 285 Å². The summed E-state index contributed by atoms with van der Waals surface area (Å²) < 4.78 is 28.5. The van der Waals surface area contributed by atoms with Crippen LogP contribution < -0.4 is 10.6 Å². The van der Waals surface area contributed by atoms with E-state index in [0.29, 0.717) is 61.2 Å². The Balaban J connectivity index is 1.16. The molecule has 3 N–H and O–H groups in total. The summed E-state index contributed by atoms with van der Waals surface area (Å²) in [5, 5.41) is 23.1. The zero-order chi connectivity index (χ0) is 34.8. The van der Waals surface area contributed by atoms with Crippen molar-refractivity contribution in [2.24, 2.45) is 0 Å². The molecule has 0 radical (unpaired) electrons. The van der Waals surface area contributed by atoms with Crippen molar-refractivity contribution in [3.8, 4) is 5.82 Å². The molecule has 0 bridgehead atoms. The van der Waals surface area contributed by atoms with Gasteiger partial charge in [0.05, 0.1) is 36.6 Å². The minimum Gasteiger partial charge on any atom is -0.368 e. The second-order valence-electron chi connectivity index (χ2n) is 13.4. The molecule has 5 aromatic rings. The summed E-state index contributed by atoms with van der Waals surface area (Å²) in [6, 6.07) is 5.16. The van der Waals surface area contributed by atoms with E-state index in [1.165, 1.54) is 10.9 Å². The van der Waals surface area contributed by atoms with Gasteiger partial charge in [-0.05, 0) is 69.9 Å². The number of nitrogens with zero attached hydrogens (tertiary/aromatic N) is 8. The molecule has 0 aliphatic heterocycles. The number of anilines is 2. The predicted octanol–water partition coefficient (Wildman–Crippen LogP) is 4.91. The van der Waals surface area contributed by atoms with Crippen LogP contribution in [0.3, 0.4) is 0 Å². The number of ether oxygens (including phenoxy) is 2. The largest absolute Gasteiger partial charge is 0.368 e. The molecule has 5 heterocycles. The third-order valence-corrected chi connectivity index (χ3v) is 10.3. The smallest absolute Gasteiger partial charge is 0.252 e. The number of hydrogen-bond acceptors (Lipinski definition) is 10. The van der Waals surface area contributed by atoms with E-state index in [1.807, 2.05) is 26.0 Å². The van der Waals surface area contributed by atoms with Gasteiger partial charge in [0.15, 0.2) is 23.1 Å². The van der Waals surface area contributed by atoms with Crippen LogP contribution in [-0.4, -0.2) is 94.5 Å². The van der Waals surface area contributed by atoms with Gasteiger partial charge in [-0.3, -0.25) is 9.89 Å². The number of fused-ring (bicyclic) bond motifs is 1. The van der Waals surface area contributed by atoms with Crippen LogP contribution in [0.4, 0.5) is 16.0 Å². The molecule has 5 aromatic heterocycles. The van der Waals surface area contributed by atoms with E-state index in [2.05, 4.69) is 54.8 Å². The Kier molecular flexibility index (Phi) is 9.99. The lowest BCUT2D eigenvalue weighted by Gasteiger charge is -2.38. The van der Waals surface area contributed by atoms with E-state index >= 15 is 0 Å². The average Bonchev–Trinajstić information content (AvgIpc) is 3.82.